The molecule has 0 atom stereocenters. The van der Waals surface area contributed by atoms with Crippen LogP contribution in [0.5, 0.6) is 0 Å². The molecule has 72 valence electrons. The van der Waals surface area contributed by atoms with E-state index in [1.54, 1.807) is 0 Å². The number of aryl methyl sites for hydroxylation is 1. The molecule has 0 aromatic carbocycles. The van der Waals surface area contributed by atoms with E-state index in [0.29, 0.717) is 5.82 Å². The first-order valence-corrected chi connectivity index (χ1v) is 4.69. The van der Waals surface area contributed by atoms with Gasteiger partial charge in [0.2, 0.25) is 0 Å². The third kappa shape index (κ3) is 1.07. The second-order valence-electron chi connectivity index (χ2n) is 4.03. The van der Waals surface area contributed by atoms with Crippen LogP contribution in [0, 0.1) is 6.92 Å². The summed E-state index contributed by atoms with van der Waals surface area (Å²) in [5.41, 5.74) is 7.29. The van der Waals surface area contributed by atoms with Crippen LogP contribution >= 0.6 is 0 Å². The van der Waals surface area contributed by atoms with Gasteiger partial charge in [-0.1, -0.05) is 0 Å². The fourth-order valence-corrected chi connectivity index (χ4v) is 1.90. The molecule has 1 aliphatic rings. The van der Waals surface area contributed by atoms with Crippen molar-refractivity contribution in [1.82, 2.24) is 4.57 Å². The molecule has 0 radical (unpaired) electrons. The molecule has 0 amide bonds. The van der Waals surface area contributed by atoms with E-state index in [-0.39, 0.29) is 0 Å². The Morgan fingerprint density at radius 3 is 2.46 bits per heavy atom. The maximum atomic E-state index is 10.1. The zero-order chi connectivity index (χ0) is 9.64. The summed E-state index contributed by atoms with van der Waals surface area (Å²) >= 11 is 0. The van der Waals surface area contributed by atoms with Crippen LogP contribution < -0.4 is 5.73 Å². The van der Waals surface area contributed by atoms with E-state index in [2.05, 4.69) is 0 Å². The quantitative estimate of drug-likeness (QED) is 0.684. The zero-order valence-electron chi connectivity index (χ0n) is 8.17. The molecule has 2 rings (SSSR count). The van der Waals surface area contributed by atoms with Crippen molar-refractivity contribution in [1.29, 1.82) is 0 Å². The van der Waals surface area contributed by atoms with Gasteiger partial charge in [-0.25, -0.2) is 0 Å². The highest BCUT2D eigenvalue weighted by Crippen LogP contribution is 2.44. The van der Waals surface area contributed by atoms with Crippen molar-refractivity contribution >= 4 is 5.82 Å². The molecular formula is C10H16N2O. The Bertz CT molecular complexity index is 337. The topological polar surface area (TPSA) is 51.2 Å². The van der Waals surface area contributed by atoms with Crippen molar-refractivity contribution in [3.05, 3.63) is 17.3 Å². The minimum absolute atomic E-state index is 0.629. The number of aliphatic hydroxyl groups is 1. The van der Waals surface area contributed by atoms with Crippen molar-refractivity contribution in [2.75, 3.05) is 5.73 Å². The van der Waals surface area contributed by atoms with Crippen molar-refractivity contribution in [2.45, 2.75) is 31.8 Å². The van der Waals surface area contributed by atoms with E-state index in [9.17, 15) is 5.11 Å². The maximum absolute atomic E-state index is 10.1. The summed E-state index contributed by atoms with van der Waals surface area (Å²) in [6.07, 6.45) is 2.80. The maximum Gasteiger partial charge on any atom is 0.109 e. The van der Waals surface area contributed by atoms with Gasteiger partial charge in [-0.2, -0.15) is 0 Å². The Balaban J connectivity index is 2.46. The van der Waals surface area contributed by atoms with Crippen LogP contribution in [-0.2, 0) is 12.6 Å². The third-order valence-electron chi connectivity index (χ3n) is 3.20. The van der Waals surface area contributed by atoms with Gasteiger partial charge in [-0.05, 0) is 32.3 Å². The molecule has 3 heteroatoms. The van der Waals surface area contributed by atoms with E-state index < -0.39 is 5.60 Å². The second kappa shape index (κ2) is 2.51. The number of rotatable bonds is 1. The SMILES string of the molecule is Cc1cc(C2(O)CCC2)c(N)n1C. The fourth-order valence-electron chi connectivity index (χ4n) is 1.90. The van der Waals surface area contributed by atoms with Crippen molar-refractivity contribution in [3.8, 4) is 0 Å². The summed E-state index contributed by atoms with van der Waals surface area (Å²) in [5, 5.41) is 10.1. The molecule has 1 aromatic rings. The number of nitrogens with zero attached hydrogens (tertiary/aromatic N) is 1. The van der Waals surface area contributed by atoms with Gasteiger partial charge < -0.3 is 15.4 Å². The lowest BCUT2D eigenvalue weighted by molar-refractivity contribution is -0.0380. The Hall–Kier alpha value is -0.960. The number of anilines is 1. The van der Waals surface area contributed by atoms with Gasteiger partial charge in [0.05, 0.1) is 5.60 Å². The van der Waals surface area contributed by atoms with Gasteiger partial charge in [0.15, 0.2) is 0 Å². The summed E-state index contributed by atoms with van der Waals surface area (Å²) in [7, 11) is 1.93. The smallest absolute Gasteiger partial charge is 0.109 e. The van der Waals surface area contributed by atoms with Gasteiger partial charge in [0.25, 0.3) is 0 Å². The molecular weight excluding hydrogens is 164 g/mol. The van der Waals surface area contributed by atoms with Crippen LogP contribution in [0.4, 0.5) is 5.82 Å². The summed E-state index contributed by atoms with van der Waals surface area (Å²) < 4.78 is 1.92. The third-order valence-corrected chi connectivity index (χ3v) is 3.20. The number of hydrogen-bond donors (Lipinski definition) is 2. The molecule has 0 unspecified atom stereocenters. The average Bonchev–Trinajstić information content (AvgIpc) is 2.29. The van der Waals surface area contributed by atoms with Gasteiger partial charge in [0.1, 0.15) is 5.82 Å². The molecule has 1 aliphatic carbocycles. The molecule has 1 aromatic heterocycles. The predicted molar refractivity (Wildman–Crippen MR) is 52.3 cm³/mol. The van der Waals surface area contributed by atoms with Crippen molar-refractivity contribution in [2.24, 2.45) is 7.05 Å². The van der Waals surface area contributed by atoms with Gasteiger partial charge in [-0.3, -0.25) is 0 Å². The Morgan fingerprint density at radius 2 is 2.15 bits per heavy atom. The van der Waals surface area contributed by atoms with Crippen LogP contribution in [0.1, 0.15) is 30.5 Å². The lowest BCUT2D eigenvalue weighted by Crippen LogP contribution is -2.34. The Kier molecular flexibility index (Phi) is 1.67. The Labute approximate surface area is 78.2 Å². The van der Waals surface area contributed by atoms with Gasteiger partial charge in [0, 0.05) is 18.3 Å². The van der Waals surface area contributed by atoms with Gasteiger partial charge in [-0.15, -0.1) is 0 Å². The van der Waals surface area contributed by atoms with E-state index in [4.69, 9.17) is 5.73 Å². The molecule has 0 spiro atoms. The van der Waals surface area contributed by atoms with E-state index in [1.165, 1.54) is 0 Å². The molecule has 1 heterocycles. The molecule has 0 aliphatic heterocycles. The first kappa shape index (κ1) is 8.63. The van der Waals surface area contributed by atoms with Crippen molar-refractivity contribution in [3.63, 3.8) is 0 Å². The zero-order valence-corrected chi connectivity index (χ0v) is 8.17. The molecule has 1 saturated carbocycles. The minimum Gasteiger partial charge on any atom is -0.385 e. The largest absolute Gasteiger partial charge is 0.385 e. The number of nitrogens with two attached hydrogens (primary N) is 1. The molecule has 0 saturated heterocycles. The first-order chi connectivity index (χ1) is 6.04. The first-order valence-electron chi connectivity index (χ1n) is 4.69. The highest BCUT2D eigenvalue weighted by Gasteiger charge is 2.38. The molecule has 3 nitrogen and oxygen atoms in total. The summed E-state index contributed by atoms with van der Waals surface area (Å²) in [6.45, 7) is 2.00. The van der Waals surface area contributed by atoms with Crippen LogP contribution in [-0.4, -0.2) is 9.67 Å². The molecule has 0 bridgehead atoms. The minimum atomic E-state index is -0.629. The van der Waals surface area contributed by atoms with Crippen molar-refractivity contribution < 1.29 is 5.11 Å². The lowest BCUT2D eigenvalue weighted by Gasteiger charge is -2.36. The monoisotopic (exact) mass is 180 g/mol. The number of nitrogen functional groups attached to an aromatic ring is 1. The van der Waals surface area contributed by atoms with E-state index in [0.717, 1.165) is 30.5 Å². The highest BCUT2D eigenvalue weighted by atomic mass is 16.3. The van der Waals surface area contributed by atoms with Crippen LogP contribution in [0.3, 0.4) is 0 Å². The standard InChI is InChI=1S/C10H16N2O/c1-7-6-8(9(11)12(7)2)10(13)4-3-5-10/h6,13H,3-5,11H2,1-2H3. The van der Waals surface area contributed by atoms with Crippen LogP contribution in [0.25, 0.3) is 0 Å². The number of hydrogen-bond acceptors (Lipinski definition) is 2. The lowest BCUT2D eigenvalue weighted by atomic mass is 9.75. The van der Waals surface area contributed by atoms with Gasteiger partial charge >= 0.3 is 0 Å². The molecule has 13 heavy (non-hydrogen) atoms. The number of aromatic nitrogens is 1. The highest BCUT2D eigenvalue weighted by molar-refractivity contribution is 5.48. The molecule has 3 N–H and O–H groups in total. The normalized spacial score (nSPS) is 19.9. The average molecular weight is 180 g/mol. The van der Waals surface area contributed by atoms with Crippen LogP contribution in [0.2, 0.25) is 0 Å². The van der Waals surface area contributed by atoms with E-state index >= 15 is 0 Å². The van der Waals surface area contributed by atoms with E-state index in [1.807, 2.05) is 24.6 Å². The second-order valence-corrected chi connectivity index (χ2v) is 4.03. The Morgan fingerprint density at radius 1 is 1.54 bits per heavy atom. The summed E-state index contributed by atoms with van der Waals surface area (Å²) in [5.74, 6) is 0.708. The summed E-state index contributed by atoms with van der Waals surface area (Å²) in [4.78, 5) is 0. The summed E-state index contributed by atoms with van der Waals surface area (Å²) in [6, 6.07) is 1.99. The fraction of sp³-hybridized carbons (Fsp3) is 0.600. The van der Waals surface area contributed by atoms with Crippen LogP contribution in [0.15, 0.2) is 6.07 Å². The predicted octanol–water partition coefficient (Wildman–Crippen LogP) is 1.29. The molecule has 1 fully saturated rings.